The SMILES string of the molecule is O=C(/C=C/c1ccccc1)C1=C(O)C(=O)N(CCCN2CCOCC2)C1c1ccccc1[N+](=O)[O-]. The standard InChI is InChI=1S/C26H27N3O6/c30-22(12-11-19-7-2-1-3-8-19)23-24(20-9-4-5-10-21(20)29(33)34)28(26(32)25(23)31)14-6-13-27-15-17-35-18-16-27/h1-5,7-12,24,31H,6,13-18H2/b12-11+. The number of aliphatic hydroxyl groups excluding tert-OH is 1. The number of hydrogen-bond acceptors (Lipinski definition) is 7. The van der Waals surface area contributed by atoms with Crippen molar-refractivity contribution in [3.05, 3.63) is 93.2 Å². The second kappa shape index (κ2) is 11.1. The predicted molar refractivity (Wildman–Crippen MR) is 130 cm³/mol. The van der Waals surface area contributed by atoms with Crippen LogP contribution >= 0.6 is 0 Å². The van der Waals surface area contributed by atoms with Gasteiger partial charge in [0, 0.05) is 32.2 Å². The molecule has 2 heterocycles. The Morgan fingerprint density at radius 2 is 1.77 bits per heavy atom. The van der Waals surface area contributed by atoms with Gasteiger partial charge in [0.25, 0.3) is 11.6 Å². The quantitative estimate of drug-likeness (QED) is 0.335. The minimum Gasteiger partial charge on any atom is -0.503 e. The van der Waals surface area contributed by atoms with E-state index in [1.54, 1.807) is 12.1 Å². The van der Waals surface area contributed by atoms with Crippen LogP contribution in [0.3, 0.4) is 0 Å². The van der Waals surface area contributed by atoms with Crippen molar-refractivity contribution >= 4 is 23.5 Å². The first-order valence-electron chi connectivity index (χ1n) is 11.5. The molecule has 0 spiro atoms. The summed E-state index contributed by atoms with van der Waals surface area (Å²) >= 11 is 0. The smallest absolute Gasteiger partial charge is 0.290 e. The Hall–Kier alpha value is -3.82. The molecule has 2 aliphatic heterocycles. The van der Waals surface area contributed by atoms with Gasteiger partial charge in [-0.3, -0.25) is 24.6 Å². The molecule has 182 valence electrons. The van der Waals surface area contributed by atoms with Crippen LogP contribution in [-0.4, -0.2) is 70.9 Å². The molecule has 4 rings (SSSR count). The highest BCUT2D eigenvalue weighted by Gasteiger charge is 2.44. The summed E-state index contributed by atoms with van der Waals surface area (Å²) in [6.45, 7) is 3.81. The van der Waals surface area contributed by atoms with Gasteiger partial charge in [0.1, 0.15) is 0 Å². The van der Waals surface area contributed by atoms with E-state index < -0.39 is 28.4 Å². The molecule has 1 unspecified atom stereocenters. The first-order valence-corrected chi connectivity index (χ1v) is 11.5. The van der Waals surface area contributed by atoms with Crippen LogP contribution in [-0.2, 0) is 14.3 Å². The molecule has 2 aliphatic rings. The lowest BCUT2D eigenvalue weighted by molar-refractivity contribution is -0.385. The molecule has 1 atom stereocenters. The Bertz CT molecular complexity index is 1150. The number of ether oxygens (including phenoxy) is 1. The van der Waals surface area contributed by atoms with Gasteiger partial charge in [0.15, 0.2) is 11.5 Å². The zero-order valence-corrected chi connectivity index (χ0v) is 19.2. The third kappa shape index (κ3) is 5.47. The van der Waals surface area contributed by atoms with Crippen LogP contribution in [0.25, 0.3) is 6.08 Å². The topological polar surface area (TPSA) is 113 Å². The molecule has 1 amide bonds. The third-order valence-electron chi connectivity index (χ3n) is 6.20. The second-order valence-electron chi connectivity index (χ2n) is 8.40. The first-order chi connectivity index (χ1) is 17.0. The van der Waals surface area contributed by atoms with Gasteiger partial charge in [-0.15, -0.1) is 0 Å². The second-order valence-corrected chi connectivity index (χ2v) is 8.40. The molecule has 1 N–H and O–H groups in total. The Morgan fingerprint density at radius 1 is 1.09 bits per heavy atom. The number of nitrogens with zero attached hydrogens (tertiary/aromatic N) is 3. The van der Waals surface area contributed by atoms with Crippen molar-refractivity contribution in [1.29, 1.82) is 0 Å². The molecule has 9 nitrogen and oxygen atoms in total. The lowest BCUT2D eigenvalue weighted by Gasteiger charge is -2.29. The highest BCUT2D eigenvalue weighted by atomic mass is 16.6. The van der Waals surface area contributed by atoms with E-state index in [-0.39, 0.29) is 23.4 Å². The molecule has 9 heteroatoms. The number of nitro benzene ring substituents is 1. The number of benzene rings is 2. The van der Waals surface area contributed by atoms with Gasteiger partial charge >= 0.3 is 0 Å². The maximum absolute atomic E-state index is 13.2. The van der Waals surface area contributed by atoms with E-state index in [1.807, 2.05) is 30.3 Å². The molecular weight excluding hydrogens is 450 g/mol. The molecule has 0 radical (unpaired) electrons. The van der Waals surface area contributed by atoms with Gasteiger partial charge in [-0.1, -0.05) is 48.5 Å². The van der Waals surface area contributed by atoms with Crippen LogP contribution in [0.2, 0.25) is 0 Å². The fraction of sp³-hybridized carbons (Fsp3) is 0.308. The van der Waals surface area contributed by atoms with Gasteiger partial charge < -0.3 is 14.7 Å². The molecule has 2 aromatic rings. The average Bonchev–Trinajstić information content (AvgIpc) is 3.13. The van der Waals surface area contributed by atoms with E-state index in [0.717, 1.165) is 18.7 Å². The number of aliphatic hydroxyl groups is 1. The average molecular weight is 478 g/mol. The number of rotatable bonds is 9. The number of allylic oxidation sites excluding steroid dienone is 1. The van der Waals surface area contributed by atoms with E-state index in [9.17, 15) is 24.8 Å². The van der Waals surface area contributed by atoms with Crippen molar-refractivity contribution in [1.82, 2.24) is 9.80 Å². The van der Waals surface area contributed by atoms with Crippen LogP contribution in [0.1, 0.15) is 23.6 Å². The van der Waals surface area contributed by atoms with E-state index in [4.69, 9.17) is 4.74 Å². The fourth-order valence-electron chi connectivity index (χ4n) is 4.46. The van der Waals surface area contributed by atoms with Crippen LogP contribution in [0.5, 0.6) is 0 Å². The summed E-state index contributed by atoms with van der Waals surface area (Å²) in [7, 11) is 0. The predicted octanol–water partition coefficient (Wildman–Crippen LogP) is 3.30. The molecule has 35 heavy (non-hydrogen) atoms. The zero-order valence-electron chi connectivity index (χ0n) is 19.2. The van der Waals surface area contributed by atoms with Gasteiger partial charge in [-0.25, -0.2) is 0 Å². The molecule has 0 saturated carbocycles. The van der Waals surface area contributed by atoms with Crippen LogP contribution in [0, 0.1) is 10.1 Å². The molecule has 0 aliphatic carbocycles. The summed E-state index contributed by atoms with van der Waals surface area (Å²) in [6.07, 6.45) is 3.45. The van der Waals surface area contributed by atoms with Gasteiger partial charge in [-0.2, -0.15) is 0 Å². The third-order valence-corrected chi connectivity index (χ3v) is 6.20. The Labute approximate surface area is 203 Å². The zero-order chi connectivity index (χ0) is 24.8. The lowest BCUT2D eigenvalue weighted by atomic mass is 9.94. The van der Waals surface area contributed by atoms with E-state index in [0.29, 0.717) is 26.2 Å². The number of carbonyl (C=O) groups is 2. The summed E-state index contributed by atoms with van der Waals surface area (Å²) in [5.41, 5.74) is 0.603. The minimum atomic E-state index is -1.05. The maximum atomic E-state index is 13.2. The molecule has 0 aromatic heterocycles. The molecule has 0 bridgehead atoms. The van der Waals surface area contributed by atoms with Crippen molar-refractivity contribution in [3.8, 4) is 0 Å². The fourth-order valence-corrected chi connectivity index (χ4v) is 4.46. The van der Waals surface area contributed by atoms with Crippen molar-refractivity contribution in [3.63, 3.8) is 0 Å². The molecule has 2 aromatic carbocycles. The van der Waals surface area contributed by atoms with Gasteiger partial charge in [0.2, 0.25) is 0 Å². The summed E-state index contributed by atoms with van der Waals surface area (Å²) in [4.78, 5) is 41.1. The molecule has 1 saturated heterocycles. The monoisotopic (exact) mass is 477 g/mol. The van der Waals surface area contributed by atoms with Crippen molar-refractivity contribution in [2.24, 2.45) is 0 Å². The van der Waals surface area contributed by atoms with E-state index in [1.165, 1.54) is 29.2 Å². The number of amides is 1. The Morgan fingerprint density at radius 3 is 2.49 bits per heavy atom. The lowest BCUT2D eigenvalue weighted by Crippen LogP contribution is -2.39. The first kappa shape index (κ1) is 24.3. The van der Waals surface area contributed by atoms with Crippen LogP contribution in [0.4, 0.5) is 5.69 Å². The van der Waals surface area contributed by atoms with Gasteiger partial charge in [0.05, 0.1) is 35.3 Å². The van der Waals surface area contributed by atoms with Crippen molar-refractivity contribution in [2.45, 2.75) is 12.5 Å². The summed E-state index contributed by atoms with van der Waals surface area (Å²) in [6, 6.07) is 14.1. The summed E-state index contributed by atoms with van der Waals surface area (Å²) in [5.74, 6) is -1.94. The Balaban J connectivity index is 1.64. The summed E-state index contributed by atoms with van der Waals surface area (Å²) < 4.78 is 5.36. The number of ketones is 1. The van der Waals surface area contributed by atoms with E-state index >= 15 is 0 Å². The highest BCUT2D eigenvalue weighted by molar-refractivity contribution is 6.14. The minimum absolute atomic E-state index is 0.150. The molecule has 1 fully saturated rings. The van der Waals surface area contributed by atoms with Gasteiger partial charge in [-0.05, 0) is 24.1 Å². The molecular formula is C26H27N3O6. The maximum Gasteiger partial charge on any atom is 0.290 e. The Kier molecular flexibility index (Phi) is 7.69. The highest BCUT2D eigenvalue weighted by Crippen LogP contribution is 2.41. The van der Waals surface area contributed by atoms with E-state index in [2.05, 4.69) is 4.90 Å². The number of nitro groups is 1. The van der Waals surface area contributed by atoms with Crippen LogP contribution in [0.15, 0.2) is 72.0 Å². The number of hydrogen-bond donors (Lipinski definition) is 1. The van der Waals surface area contributed by atoms with Crippen molar-refractivity contribution in [2.75, 3.05) is 39.4 Å². The summed E-state index contributed by atoms with van der Waals surface area (Å²) in [5, 5.41) is 22.5. The van der Waals surface area contributed by atoms with Crippen molar-refractivity contribution < 1.29 is 24.4 Å². The van der Waals surface area contributed by atoms with Crippen LogP contribution < -0.4 is 0 Å². The number of para-hydroxylation sites is 1. The normalized spacial score (nSPS) is 19.0. The number of carbonyl (C=O) groups excluding carboxylic acids is 2. The number of morpholine rings is 1. The largest absolute Gasteiger partial charge is 0.503 e.